The average Bonchev–Trinajstić information content (AvgIpc) is 2.52. The van der Waals surface area contributed by atoms with Crippen molar-refractivity contribution in [2.75, 3.05) is 20.6 Å². The number of nitrogens with one attached hydrogen (secondary N) is 1. The number of rotatable bonds is 6. The third kappa shape index (κ3) is 4.59. The molecule has 6 heteroatoms. The molecule has 1 unspecified atom stereocenters. The van der Waals surface area contributed by atoms with E-state index in [1.807, 2.05) is 31.1 Å². The number of nitrogens with zero attached hydrogens (tertiary/aromatic N) is 1. The van der Waals surface area contributed by atoms with Gasteiger partial charge in [0.2, 0.25) is 0 Å². The molecule has 0 aliphatic carbocycles. The second kappa shape index (κ2) is 7.99. The van der Waals surface area contributed by atoms with Crippen LogP contribution in [0.1, 0.15) is 27.6 Å². The predicted molar refractivity (Wildman–Crippen MR) is 87.5 cm³/mol. The van der Waals surface area contributed by atoms with Crippen LogP contribution in [-0.2, 0) is 6.54 Å². The fourth-order valence-electron chi connectivity index (χ4n) is 2.35. The zero-order chi connectivity index (χ0) is 17.7. The summed E-state index contributed by atoms with van der Waals surface area (Å²) in [7, 11) is 3.90. The van der Waals surface area contributed by atoms with E-state index in [-0.39, 0.29) is 6.54 Å². The van der Waals surface area contributed by atoms with Crippen molar-refractivity contribution in [3.05, 3.63) is 70.8 Å². The average molecular weight is 334 g/mol. The van der Waals surface area contributed by atoms with Gasteiger partial charge in [-0.3, -0.25) is 4.79 Å². The van der Waals surface area contributed by atoms with Crippen LogP contribution in [0.25, 0.3) is 0 Å². The first-order chi connectivity index (χ1) is 11.4. The topological polar surface area (TPSA) is 52.6 Å². The molecule has 0 heterocycles. The number of aliphatic hydroxyl groups is 1. The standard InChI is InChI=1S/C18H20F2N2O2/c1-22(2)11-12-6-8-13(9-7-12)18(24)21-10-16(23)17-14(19)4-3-5-15(17)20/h3-9,16,23H,10-11H2,1-2H3,(H,21,24). The molecular weight excluding hydrogens is 314 g/mol. The van der Waals surface area contributed by atoms with E-state index in [2.05, 4.69) is 5.32 Å². The summed E-state index contributed by atoms with van der Waals surface area (Å²) < 4.78 is 27.2. The second-order valence-corrected chi connectivity index (χ2v) is 5.80. The molecule has 0 fully saturated rings. The van der Waals surface area contributed by atoms with Gasteiger partial charge in [-0.2, -0.15) is 0 Å². The lowest BCUT2D eigenvalue weighted by Gasteiger charge is -2.14. The van der Waals surface area contributed by atoms with Gasteiger partial charge < -0.3 is 15.3 Å². The monoisotopic (exact) mass is 334 g/mol. The van der Waals surface area contributed by atoms with E-state index in [1.165, 1.54) is 6.07 Å². The summed E-state index contributed by atoms with van der Waals surface area (Å²) in [6.45, 7) is 0.476. The van der Waals surface area contributed by atoms with Crippen LogP contribution in [0.15, 0.2) is 42.5 Å². The summed E-state index contributed by atoms with van der Waals surface area (Å²) in [6, 6.07) is 10.4. The Bertz CT molecular complexity index is 682. The lowest BCUT2D eigenvalue weighted by Crippen LogP contribution is -2.29. The lowest BCUT2D eigenvalue weighted by atomic mass is 10.1. The first-order valence-electron chi connectivity index (χ1n) is 7.52. The van der Waals surface area contributed by atoms with E-state index in [4.69, 9.17) is 0 Å². The maximum Gasteiger partial charge on any atom is 0.251 e. The second-order valence-electron chi connectivity index (χ2n) is 5.80. The van der Waals surface area contributed by atoms with Crippen LogP contribution in [-0.4, -0.2) is 36.6 Å². The van der Waals surface area contributed by atoms with Crippen molar-refractivity contribution in [3.63, 3.8) is 0 Å². The van der Waals surface area contributed by atoms with Gasteiger partial charge >= 0.3 is 0 Å². The summed E-state index contributed by atoms with van der Waals surface area (Å²) in [4.78, 5) is 14.1. The van der Waals surface area contributed by atoms with Crippen molar-refractivity contribution in [2.24, 2.45) is 0 Å². The highest BCUT2D eigenvalue weighted by molar-refractivity contribution is 5.94. The maximum atomic E-state index is 13.6. The van der Waals surface area contributed by atoms with Crippen LogP contribution in [0.4, 0.5) is 8.78 Å². The molecule has 1 amide bonds. The van der Waals surface area contributed by atoms with Crippen molar-refractivity contribution in [3.8, 4) is 0 Å². The highest BCUT2D eigenvalue weighted by atomic mass is 19.1. The molecule has 2 rings (SSSR count). The van der Waals surface area contributed by atoms with Crippen molar-refractivity contribution < 1.29 is 18.7 Å². The van der Waals surface area contributed by atoms with Crippen LogP contribution in [0.2, 0.25) is 0 Å². The van der Waals surface area contributed by atoms with Crippen LogP contribution >= 0.6 is 0 Å². The van der Waals surface area contributed by atoms with E-state index in [9.17, 15) is 18.7 Å². The Morgan fingerprint density at radius 2 is 1.71 bits per heavy atom. The van der Waals surface area contributed by atoms with Crippen molar-refractivity contribution in [1.29, 1.82) is 0 Å². The molecule has 0 aliphatic heterocycles. The first-order valence-corrected chi connectivity index (χ1v) is 7.52. The Hall–Kier alpha value is -2.31. The molecule has 0 aromatic heterocycles. The number of halogens is 2. The van der Waals surface area contributed by atoms with Crippen LogP contribution in [0, 0.1) is 11.6 Å². The maximum absolute atomic E-state index is 13.6. The quantitative estimate of drug-likeness (QED) is 0.853. The SMILES string of the molecule is CN(C)Cc1ccc(C(=O)NCC(O)c2c(F)cccc2F)cc1. The van der Waals surface area contributed by atoms with Gasteiger partial charge in [-0.1, -0.05) is 18.2 Å². The minimum Gasteiger partial charge on any atom is -0.386 e. The summed E-state index contributed by atoms with van der Waals surface area (Å²) in [5.41, 5.74) is 1.03. The molecule has 4 nitrogen and oxygen atoms in total. The molecular formula is C18H20F2N2O2. The summed E-state index contributed by atoms with van der Waals surface area (Å²) in [5.74, 6) is -2.10. The molecule has 0 radical (unpaired) electrons. The highest BCUT2D eigenvalue weighted by Gasteiger charge is 2.18. The highest BCUT2D eigenvalue weighted by Crippen LogP contribution is 2.20. The number of hydrogen-bond donors (Lipinski definition) is 2. The van der Waals surface area contributed by atoms with Gasteiger partial charge in [-0.05, 0) is 43.9 Å². The van der Waals surface area contributed by atoms with Crippen LogP contribution in [0.3, 0.4) is 0 Å². The Labute approximate surface area is 139 Å². The van der Waals surface area contributed by atoms with E-state index < -0.39 is 29.2 Å². The van der Waals surface area contributed by atoms with E-state index in [0.29, 0.717) is 5.56 Å². The van der Waals surface area contributed by atoms with Gasteiger partial charge in [0.15, 0.2) is 0 Å². The Balaban J connectivity index is 1.97. The smallest absolute Gasteiger partial charge is 0.251 e. The molecule has 2 aromatic rings. The van der Waals surface area contributed by atoms with Gasteiger partial charge in [-0.25, -0.2) is 8.78 Å². The predicted octanol–water partition coefficient (Wildman–Crippen LogP) is 2.49. The van der Waals surface area contributed by atoms with Gasteiger partial charge in [0, 0.05) is 18.7 Å². The third-order valence-corrected chi connectivity index (χ3v) is 3.50. The Morgan fingerprint density at radius 1 is 1.12 bits per heavy atom. The van der Waals surface area contributed by atoms with Gasteiger partial charge in [-0.15, -0.1) is 0 Å². The zero-order valence-corrected chi connectivity index (χ0v) is 13.6. The number of carbonyl (C=O) groups is 1. The van der Waals surface area contributed by atoms with Crippen LogP contribution in [0.5, 0.6) is 0 Å². The minimum absolute atomic E-state index is 0.282. The van der Waals surface area contributed by atoms with Gasteiger partial charge in [0.05, 0.1) is 5.56 Å². The molecule has 24 heavy (non-hydrogen) atoms. The number of carbonyl (C=O) groups excluding carboxylic acids is 1. The molecule has 0 saturated carbocycles. The minimum atomic E-state index is -1.46. The molecule has 128 valence electrons. The fraction of sp³-hybridized carbons (Fsp3) is 0.278. The lowest BCUT2D eigenvalue weighted by molar-refractivity contribution is 0.0911. The zero-order valence-electron chi connectivity index (χ0n) is 13.6. The van der Waals surface area contributed by atoms with Gasteiger partial charge in [0.25, 0.3) is 5.91 Å². The number of amides is 1. The summed E-state index contributed by atoms with van der Waals surface area (Å²) in [6.07, 6.45) is -1.46. The fourth-order valence-corrected chi connectivity index (χ4v) is 2.35. The van der Waals surface area contributed by atoms with Crippen molar-refractivity contribution in [1.82, 2.24) is 10.2 Å². The third-order valence-electron chi connectivity index (χ3n) is 3.50. The largest absolute Gasteiger partial charge is 0.386 e. The number of aliphatic hydroxyl groups excluding tert-OH is 1. The molecule has 0 spiro atoms. The summed E-state index contributed by atoms with van der Waals surface area (Å²) in [5, 5.41) is 12.4. The Morgan fingerprint density at radius 3 is 2.25 bits per heavy atom. The Kier molecular flexibility index (Phi) is 6.00. The van der Waals surface area contributed by atoms with Crippen LogP contribution < -0.4 is 5.32 Å². The normalized spacial score (nSPS) is 12.2. The molecule has 2 N–H and O–H groups in total. The van der Waals surface area contributed by atoms with Crippen molar-refractivity contribution >= 4 is 5.91 Å². The molecule has 2 aromatic carbocycles. The van der Waals surface area contributed by atoms with E-state index in [0.717, 1.165) is 24.2 Å². The first kappa shape index (κ1) is 18.0. The van der Waals surface area contributed by atoms with E-state index >= 15 is 0 Å². The molecule has 1 atom stereocenters. The molecule has 0 aliphatic rings. The van der Waals surface area contributed by atoms with Crippen molar-refractivity contribution in [2.45, 2.75) is 12.6 Å². The summed E-state index contributed by atoms with van der Waals surface area (Å²) >= 11 is 0. The molecule has 0 saturated heterocycles. The van der Waals surface area contributed by atoms with Gasteiger partial charge in [0.1, 0.15) is 17.7 Å². The number of benzene rings is 2. The number of hydrogen-bond acceptors (Lipinski definition) is 3. The molecule has 0 bridgehead atoms. The van der Waals surface area contributed by atoms with E-state index in [1.54, 1.807) is 12.1 Å².